The maximum atomic E-state index is 6.49. The van der Waals surface area contributed by atoms with E-state index in [0.29, 0.717) is 5.82 Å². The predicted octanol–water partition coefficient (Wildman–Crippen LogP) is 13.8. The van der Waals surface area contributed by atoms with Gasteiger partial charge in [0.1, 0.15) is 11.2 Å². The van der Waals surface area contributed by atoms with E-state index < -0.39 is 0 Å². The van der Waals surface area contributed by atoms with Gasteiger partial charge in [-0.25, -0.2) is 9.97 Å². The number of fused-ring (bicyclic) bond motifs is 6. The van der Waals surface area contributed by atoms with E-state index in [2.05, 4.69) is 180 Å². The first-order valence-corrected chi connectivity index (χ1v) is 18.9. The molecule has 3 heterocycles. The Bertz CT molecular complexity index is 3180. The minimum Gasteiger partial charge on any atom is -0.455 e. The summed E-state index contributed by atoms with van der Waals surface area (Å²) in [6.45, 7) is 0. The van der Waals surface area contributed by atoms with Crippen molar-refractivity contribution >= 4 is 43.7 Å². The molecule has 0 aliphatic heterocycles. The Hall–Kier alpha value is -7.56. The first kappa shape index (κ1) is 31.9. The molecule has 262 valence electrons. The van der Waals surface area contributed by atoms with Crippen LogP contribution >= 0.6 is 0 Å². The quantitative estimate of drug-likeness (QED) is 0.172. The van der Waals surface area contributed by atoms with Crippen molar-refractivity contribution in [3.8, 4) is 61.8 Å². The topological polar surface area (TPSA) is 43.9 Å². The molecule has 0 aliphatic carbocycles. The second kappa shape index (κ2) is 13.1. The lowest BCUT2D eigenvalue weighted by Gasteiger charge is -2.16. The monoisotopic (exact) mass is 715 g/mol. The summed E-state index contributed by atoms with van der Waals surface area (Å²) in [5, 5.41) is 4.60. The Morgan fingerprint density at radius 3 is 1.68 bits per heavy atom. The molecule has 11 rings (SSSR count). The van der Waals surface area contributed by atoms with Crippen molar-refractivity contribution in [1.82, 2.24) is 14.5 Å². The van der Waals surface area contributed by atoms with Crippen LogP contribution in [0.4, 0.5) is 0 Å². The van der Waals surface area contributed by atoms with Gasteiger partial charge in [-0.1, -0.05) is 164 Å². The lowest BCUT2D eigenvalue weighted by molar-refractivity contribution is 0.670. The minimum absolute atomic E-state index is 0.674. The molecule has 0 aliphatic rings. The third-order valence-corrected chi connectivity index (χ3v) is 10.8. The van der Waals surface area contributed by atoms with Gasteiger partial charge in [-0.3, -0.25) is 0 Å². The fourth-order valence-corrected chi connectivity index (χ4v) is 8.18. The lowest BCUT2D eigenvalue weighted by atomic mass is 9.99. The normalized spacial score (nSPS) is 11.6. The van der Waals surface area contributed by atoms with Crippen LogP contribution in [0.5, 0.6) is 0 Å². The van der Waals surface area contributed by atoms with Gasteiger partial charge in [0.15, 0.2) is 5.82 Å². The number of furan rings is 1. The Labute approximate surface area is 323 Å². The Morgan fingerprint density at radius 1 is 0.357 bits per heavy atom. The highest BCUT2D eigenvalue weighted by Crippen LogP contribution is 2.42. The minimum atomic E-state index is 0.674. The maximum absolute atomic E-state index is 6.49. The Morgan fingerprint density at radius 2 is 0.946 bits per heavy atom. The fraction of sp³-hybridized carbons (Fsp3) is 0. The van der Waals surface area contributed by atoms with Crippen molar-refractivity contribution in [3.63, 3.8) is 0 Å². The van der Waals surface area contributed by atoms with Crippen molar-refractivity contribution in [3.05, 3.63) is 200 Å². The summed E-state index contributed by atoms with van der Waals surface area (Å²) in [5.74, 6) is 0.674. The van der Waals surface area contributed by atoms with Crippen LogP contribution < -0.4 is 0 Å². The van der Waals surface area contributed by atoms with Gasteiger partial charge < -0.3 is 8.98 Å². The number of benzene rings is 8. The highest BCUT2D eigenvalue weighted by atomic mass is 16.3. The molecule has 0 amide bonds. The molecular formula is C52H33N3O. The SMILES string of the molecule is c1ccc(-c2cc(-c3ccccc3)nc(-c3ccc(-c4ccccc4)c(-n4c5ccccc5c5cc(-c6cccc7c6oc6ccccc67)ccc54)c3)n2)cc1. The van der Waals surface area contributed by atoms with Crippen molar-refractivity contribution in [1.29, 1.82) is 0 Å². The zero-order valence-electron chi connectivity index (χ0n) is 30.3. The number of hydrogen-bond acceptors (Lipinski definition) is 3. The molecule has 11 aromatic rings. The average Bonchev–Trinajstić information content (AvgIpc) is 3.83. The van der Waals surface area contributed by atoms with Gasteiger partial charge in [0, 0.05) is 49.4 Å². The molecule has 0 radical (unpaired) electrons. The number of para-hydroxylation sites is 3. The summed E-state index contributed by atoms with van der Waals surface area (Å²) in [7, 11) is 0. The zero-order valence-corrected chi connectivity index (χ0v) is 30.3. The largest absolute Gasteiger partial charge is 0.455 e. The van der Waals surface area contributed by atoms with Crippen LogP contribution in [-0.2, 0) is 0 Å². The predicted molar refractivity (Wildman–Crippen MR) is 231 cm³/mol. The lowest BCUT2D eigenvalue weighted by Crippen LogP contribution is -2.00. The van der Waals surface area contributed by atoms with E-state index in [1.165, 1.54) is 10.8 Å². The van der Waals surface area contributed by atoms with Gasteiger partial charge in [0.05, 0.1) is 28.1 Å². The first-order chi connectivity index (χ1) is 27.8. The number of aromatic nitrogens is 3. The van der Waals surface area contributed by atoms with Crippen LogP contribution in [0.3, 0.4) is 0 Å². The van der Waals surface area contributed by atoms with E-state index in [9.17, 15) is 0 Å². The van der Waals surface area contributed by atoms with Crippen molar-refractivity contribution in [2.45, 2.75) is 0 Å². The molecule has 0 N–H and O–H groups in total. The summed E-state index contributed by atoms with van der Waals surface area (Å²) in [5.41, 5.74) is 14.3. The van der Waals surface area contributed by atoms with E-state index in [4.69, 9.17) is 14.4 Å². The number of nitrogens with zero attached hydrogens (tertiary/aromatic N) is 3. The summed E-state index contributed by atoms with van der Waals surface area (Å²) in [4.78, 5) is 10.4. The number of hydrogen-bond donors (Lipinski definition) is 0. The smallest absolute Gasteiger partial charge is 0.160 e. The highest BCUT2D eigenvalue weighted by molar-refractivity contribution is 6.13. The molecule has 0 fully saturated rings. The van der Waals surface area contributed by atoms with Crippen LogP contribution in [0.2, 0.25) is 0 Å². The molecular weight excluding hydrogens is 683 g/mol. The molecule has 0 bridgehead atoms. The molecule has 4 heteroatoms. The highest BCUT2D eigenvalue weighted by Gasteiger charge is 2.20. The van der Waals surface area contributed by atoms with E-state index in [1.807, 2.05) is 24.3 Å². The van der Waals surface area contributed by atoms with Crippen LogP contribution in [0.1, 0.15) is 0 Å². The fourth-order valence-electron chi connectivity index (χ4n) is 8.18. The van der Waals surface area contributed by atoms with E-state index >= 15 is 0 Å². The molecule has 8 aromatic carbocycles. The zero-order chi connectivity index (χ0) is 37.0. The van der Waals surface area contributed by atoms with E-state index in [-0.39, 0.29) is 0 Å². The van der Waals surface area contributed by atoms with Gasteiger partial charge in [0.25, 0.3) is 0 Å². The maximum Gasteiger partial charge on any atom is 0.160 e. The van der Waals surface area contributed by atoms with E-state index in [1.54, 1.807) is 0 Å². The molecule has 0 spiro atoms. The van der Waals surface area contributed by atoms with Crippen LogP contribution in [0.15, 0.2) is 205 Å². The van der Waals surface area contributed by atoms with Crippen LogP contribution in [-0.4, -0.2) is 14.5 Å². The molecule has 3 aromatic heterocycles. The second-order valence-electron chi connectivity index (χ2n) is 14.2. The Balaban J connectivity index is 1.15. The van der Waals surface area contributed by atoms with Gasteiger partial charge >= 0.3 is 0 Å². The van der Waals surface area contributed by atoms with Crippen LogP contribution in [0.25, 0.3) is 106 Å². The molecule has 0 saturated heterocycles. The second-order valence-corrected chi connectivity index (χ2v) is 14.2. The Kier molecular flexibility index (Phi) is 7.46. The van der Waals surface area contributed by atoms with Crippen molar-refractivity contribution in [2.75, 3.05) is 0 Å². The first-order valence-electron chi connectivity index (χ1n) is 18.9. The van der Waals surface area contributed by atoms with Gasteiger partial charge in [0.2, 0.25) is 0 Å². The van der Waals surface area contributed by atoms with Crippen molar-refractivity contribution < 1.29 is 4.42 Å². The third-order valence-electron chi connectivity index (χ3n) is 10.8. The standard InChI is InChI=1S/C52H33N3O/c1-4-15-34(16-5-1)39-29-27-38(52-53-45(35-17-6-2-7-18-35)33-46(54-52)36-19-8-3-9-20-36)32-49(39)55-47-25-12-10-21-41(47)44-31-37(28-30-48(44)55)40-23-14-24-43-42-22-11-13-26-50(42)56-51(40)43/h1-33H. The molecule has 56 heavy (non-hydrogen) atoms. The molecule has 0 unspecified atom stereocenters. The van der Waals surface area contributed by atoms with Gasteiger partial charge in [-0.15, -0.1) is 0 Å². The van der Waals surface area contributed by atoms with E-state index in [0.717, 1.165) is 89.0 Å². The summed E-state index contributed by atoms with van der Waals surface area (Å²) < 4.78 is 8.89. The number of rotatable bonds is 6. The molecule has 0 atom stereocenters. The third kappa shape index (κ3) is 5.31. The summed E-state index contributed by atoms with van der Waals surface area (Å²) in [6.07, 6.45) is 0. The molecule has 0 saturated carbocycles. The van der Waals surface area contributed by atoms with Crippen LogP contribution in [0, 0.1) is 0 Å². The summed E-state index contributed by atoms with van der Waals surface area (Å²) >= 11 is 0. The molecule has 4 nitrogen and oxygen atoms in total. The van der Waals surface area contributed by atoms with Gasteiger partial charge in [-0.2, -0.15) is 0 Å². The average molecular weight is 716 g/mol. The van der Waals surface area contributed by atoms with Gasteiger partial charge in [-0.05, 0) is 47.5 Å². The van der Waals surface area contributed by atoms with Crippen molar-refractivity contribution in [2.24, 2.45) is 0 Å². The summed E-state index contributed by atoms with van der Waals surface area (Å²) in [6, 6.07) is 70.2.